The van der Waals surface area contributed by atoms with E-state index < -0.39 is 34.4 Å². The highest BCUT2D eigenvalue weighted by Gasteiger charge is 2.38. The Labute approximate surface area is 163 Å². The van der Waals surface area contributed by atoms with Crippen LogP contribution in [0.5, 0.6) is 0 Å². The maximum atomic E-state index is 12.5. The number of carbonyl (C=O) groups excluding carboxylic acids is 3. The van der Waals surface area contributed by atoms with Crippen molar-refractivity contribution in [2.45, 2.75) is 38.3 Å². The number of carbonyl (C=O) groups is 3. The Morgan fingerprint density at radius 3 is 2.71 bits per heavy atom. The molecule has 1 aromatic heterocycles. The quantitative estimate of drug-likeness (QED) is 0.624. The van der Waals surface area contributed by atoms with Crippen molar-refractivity contribution in [2.24, 2.45) is 0 Å². The van der Waals surface area contributed by atoms with E-state index in [0.717, 1.165) is 0 Å². The molecule has 0 saturated carbocycles. The van der Waals surface area contributed by atoms with Crippen LogP contribution in [0.2, 0.25) is 0 Å². The molecule has 0 N–H and O–H groups in total. The fourth-order valence-corrected chi connectivity index (χ4v) is 5.50. The van der Waals surface area contributed by atoms with Crippen molar-refractivity contribution in [1.29, 1.82) is 0 Å². The first kappa shape index (κ1) is 20.4. The number of rotatable bonds is 6. The van der Waals surface area contributed by atoms with Gasteiger partial charge in [0, 0.05) is 19.1 Å². The van der Waals surface area contributed by atoms with Gasteiger partial charge in [-0.3, -0.25) is 9.59 Å². The fraction of sp³-hybridized carbons (Fsp3) is 0.611. The normalized spacial score (nSPS) is 23.5. The van der Waals surface area contributed by atoms with Crippen molar-refractivity contribution in [2.75, 3.05) is 31.2 Å². The van der Waals surface area contributed by atoms with E-state index in [2.05, 4.69) is 0 Å². The molecule has 2 fully saturated rings. The number of furan rings is 1. The van der Waals surface area contributed by atoms with Crippen LogP contribution >= 0.6 is 0 Å². The summed E-state index contributed by atoms with van der Waals surface area (Å²) in [5, 5.41) is 0. The lowest BCUT2D eigenvalue weighted by atomic mass is 10.2. The monoisotopic (exact) mass is 412 g/mol. The number of likely N-dealkylation sites (N-methyl/N-ethyl adjacent to an activating group) is 1. The van der Waals surface area contributed by atoms with E-state index in [0.29, 0.717) is 32.4 Å². The molecule has 3 rings (SSSR count). The molecule has 2 aliphatic rings. The number of hydrogen-bond donors (Lipinski definition) is 0. The Morgan fingerprint density at radius 1 is 1.32 bits per heavy atom. The van der Waals surface area contributed by atoms with E-state index in [-0.39, 0.29) is 29.2 Å². The molecule has 3 heterocycles. The summed E-state index contributed by atoms with van der Waals surface area (Å²) in [5.74, 6) is -1.31. The summed E-state index contributed by atoms with van der Waals surface area (Å²) < 4.78 is 33.6. The Kier molecular flexibility index (Phi) is 6.07. The minimum absolute atomic E-state index is 0.0609. The zero-order valence-electron chi connectivity index (χ0n) is 15.7. The van der Waals surface area contributed by atoms with E-state index >= 15 is 0 Å². The van der Waals surface area contributed by atoms with Gasteiger partial charge in [0.05, 0.1) is 17.8 Å². The largest absolute Gasteiger partial charge is 0.459 e. The van der Waals surface area contributed by atoms with Gasteiger partial charge in [-0.25, -0.2) is 13.2 Å². The molecule has 2 aliphatic heterocycles. The number of likely N-dealkylation sites (tertiary alicyclic amines) is 1. The van der Waals surface area contributed by atoms with E-state index in [4.69, 9.17) is 9.15 Å². The van der Waals surface area contributed by atoms with E-state index in [1.165, 1.54) is 22.1 Å². The predicted octanol–water partition coefficient (Wildman–Crippen LogP) is 0.463. The topological polar surface area (TPSA) is 114 Å². The minimum atomic E-state index is -3.12. The lowest BCUT2D eigenvalue weighted by Crippen LogP contribution is -2.45. The van der Waals surface area contributed by atoms with Crippen molar-refractivity contribution in [1.82, 2.24) is 9.80 Å². The molecule has 0 bridgehead atoms. The SMILES string of the molecule is CCN(C(=O)COC(=O)C1CCCN1C(=O)c1ccco1)C1CCS(=O)(=O)C1. The van der Waals surface area contributed by atoms with Crippen LogP contribution in [-0.4, -0.2) is 79.3 Å². The molecule has 0 aliphatic carbocycles. The third-order valence-electron chi connectivity index (χ3n) is 5.17. The van der Waals surface area contributed by atoms with Gasteiger partial charge >= 0.3 is 5.97 Å². The molecule has 9 nitrogen and oxygen atoms in total. The number of amides is 2. The first-order chi connectivity index (χ1) is 13.3. The zero-order chi connectivity index (χ0) is 20.3. The molecule has 154 valence electrons. The molecule has 2 saturated heterocycles. The molecular weight excluding hydrogens is 388 g/mol. The van der Waals surface area contributed by atoms with Crippen LogP contribution in [0.3, 0.4) is 0 Å². The summed E-state index contributed by atoms with van der Waals surface area (Å²) in [6.07, 6.45) is 2.89. The third kappa shape index (κ3) is 4.37. The average molecular weight is 412 g/mol. The molecule has 2 amide bonds. The molecule has 0 aromatic carbocycles. The first-order valence-corrected chi connectivity index (χ1v) is 11.2. The molecule has 1 aromatic rings. The van der Waals surface area contributed by atoms with Crippen molar-refractivity contribution >= 4 is 27.6 Å². The average Bonchev–Trinajstić information content (AvgIpc) is 3.40. The van der Waals surface area contributed by atoms with E-state index in [9.17, 15) is 22.8 Å². The van der Waals surface area contributed by atoms with Gasteiger partial charge < -0.3 is 19.0 Å². The second-order valence-corrected chi connectivity index (χ2v) is 9.21. The van der Waals surface area contributed by atoms with Crippen LogP contribution in [0, 0.1) is 0 Å². The van der Waals surface area contributed by atoms with E-state index in [1.807, 2.05) is 0 Å². The summed E-state index contributed by atoms with van der Waals surface area (Å²) in [7, 11) is -3.12. The standard InChI is InChI=1S/C18H24N2O7S/c1-2-19(13-7-10-28(24,25)12-13)16(21)11-27-18(23)14-5-3-8-20(14)17(22)15-6-4-9-26-15/h4,6,9,13-14H,2-3,5,7-8,10-12H2,1H3. The van der Waals surface area contributed by atoms with Gasteiger partial charge in [-0.15, -0.1) is 0 Å². The molecule has 2 atom stereocenters. The van der Waals surface area contributed by atoms with Gasteiger partial charge in [0.25, 0.3) is 11.8 Å². The van der Waals surface area contributed by atoms with Crippen LogP contribution in [0.1, 0.15) is 36.7 Å². The number of esters is 1. The minimum Gasteiger partial charge on any atom is -0.459 e. The molecule has 0 radical (unpaired) electrons. The summed E-state index contributed by atoms with van der Waals surface area (Å²) in [5.41, 5.74) is 0. The lowest BCUT2D eigenvalue weighted by Gasteiger charge is -2.27. The Balaban J connectivity index is 1.56. The van der Waals surface area contributed by atoms with Crippen LogP contribution in [0.25, 0.3) is 0 Å². The van der Waals surface area contributed by atoms with Crippen LogP contribution < -0.4 is 0 Å². The van der Waals surface area contributed by atoms with Gasteiger partial charge in [0.2, 0.25) is 0 Å². The summed E-state index contributed by atoms with van der Waals surface area (Å²) in [6, 6.07) is 1.98. The molecular formula is C18H24N2O7S. The molecule has 0 spiro atoms. The summed E-state index contributed by atoms with van der Waals surface area (Å²) in [6.45, 7) is 2.03. The maximum absolute atomic E-state index is 12.5. The lowest BCUT2D eigenvalue weighted by molar-refractivity contribution is -0.155. The predicted molar refractivity (Wildman–Crippen MR) is 98.2 cm³/mol. The highest BCUT2D eigenvalue weighted by atomic mass is 32.2. The Bertz CT molecular complexity index is 834. The van der Waals surface area contributed by atoms with Crippen LogP contribution in [0.15, 0.2) is 22.8 Å². The number of hydrogen-bond acceptors (Lipinski definition) is 7. The highest BCUT2D eigenvalue weighted by molar-refractivity contribution is 7.91. The van der Waals surface area contributed by atoms with Crippen molar-refractivity contribution in [3.63, 3.8) is 0 Å². The fourth-order valence-electron chi connectivity index (χ4n) is 3.77. The molecule has 10 heteroatoms. The smallest absolute Gasteiger partial charge is 0.329 e. The maximum Gasteiger partial charge on any atom is 0.329 e. The third-order valence-corrected chi connectivity index (χ3v) is 6.92. The Morgan fingerprint density at radius 2 is 2.11 bits per heavy atom. The number of nitrogens with zero attached hydrogens (tertiary/aromatic N) is 2. The second kappa shape index (κ2) is 8.34. The Hall–Kier alpha value is -2.36. The van der Waals surface area contributed by atoms with Crippen LogP contribution in [0.4, 0.5) is 0 Å². The van der Waals surface area contributed by atoms with Gasteiger partial charge in [0.15, 0.2) is 22.2 Å². The summed E-state index contributed by atoms with van der Waals surface area (Å²) in [4.78, 5) is 40.2. The highest BCUT2D eigenvalue weighted by Crippen LogP contribution is 2.22. The molecule has 2 unspecified atom stereocenters. The number of sulfone groups is 1. The van der Waals surface area contributed by atoms with Crippen molar-refractivity contribution in [3.05, 3.63) is 24.2 Å². The van der Waals surface area contributed by atoms with Crippen LogP contribution in [-0.2, 0) is 24.2 Å². The van der Waals surface area contributed by atoms with Gasteiger partial charge in [0.1, 0.15) is 6.04 Å². The number of ether oxygens (including phenoxy) is 1. The van der Waals surface area contributed by atoms with Crippen molar-refractivity contribution in [3.8, 4) is 0 Å². The van der Waals surface area contributed by atoms with Gasteiger partial charge in [-0.05, 0) is 38.3 Å². The van der Waals surface area contributed by atoms with Gasteiger partial charge in [-0.2, -0.15) is 0 Å². The van der Waals surface area contributed by atoms with Crippen molar-refractivity contribution < 1.29 is 32.0 Å². The molecule has 28 heavy (non-hydrogen) atoms. The zero-order valence-corrected chi connectivity index (χ0v) is 16.5. The second-order valence-electron chi connectivity index (χ2n) is 6.98. The van der Waals surface area contributed by atoms with Gasteiger partial charge in [-0.1, -0.05) is 0 Å². The first-order valence-electron chi connectivity index (χ1n) is 9.33. The van der Waals surface area contributed by atoms with E-state index in [1.54, 1.807) is 13.0 Å². The summed E-state index contributed by atoms with van der Waals surface area (Å²) >= 11 is 0.